The summed E-state index contributed by atoms with van der Waals surface area (Å²) in [6, 6.07) is 4.36. The molecular formula is C21H27ClNO2+. The first-order valence-electron chi connectivity index (χ1n) is 9.60. The van der Waals surface area contributed by atoms with Gasteiger partial charge < -0.3 is 9.47 Å². The minimum atomic E-state index is 0.0347. The molecule has 1 N–H and O–H groups in total. The van der Waals surface area contributed by atoms with Gasteiger partial charge in [-0.2, -0.15) is 0 Å². The van der Waals surface area contributed by atoms with E-state index in [1.54, 1.807) is 14.2 Å². The van der Waals surface area contributed by atoms with Crippen molar-refractivity contribution in [3.63, 3.8) is 0 Å². The fourth-order valence-electron chi connectivity index (χ4n) is 6.69. The molecule has 0 saturated heterocycles. The van der Waals surface area contributed by atoms with Gasteiger partial charge in [-0.3, -0.25) is 0 Å². The molecule has 6 rings (SSSR count). The lowest BCUT2D eigenvalue weighted by Crippen LogP contribution is -2.80. The summed E-state index contributed by atoms with van der Waals surface area (Å²) in [7, 11) is 3.44. The summed E-state index contributed by atoms with van der Waals surface area (Å²) >= 11 is 7.09. The molecule has 0 aromatic heterocycles. The summed E-state index contributed by atoms with van der Waals surface area (Å²) in [5.74, 6) is 3.27. The van der Waals surface area contributed by atoms with Gasteiger partial charge in [0.15, 0.2) is 17.2 Å². The van der Waals surface area contributed by atoms with Gasteiger partial charge in [0.1, 0.15) is 6.54 Å². The van der Waals surface area contributed by atoms with Crippen LogP contribution in [0.1, 0.15) is 49.7 Å². The molecule has 4 fully saturated rings. The maximum atomic E-state index is 7.09. The van der Waals surface area contributed by atoms with E-state index in [-0.39, 0.29) is 10.3 Å². The summed E-state index contributed by atoms with van der Waals surface area (Å²) in [5.41, 5.74) is 4.39. The van der Waals surface area contributed by atoms with E-state index in [0.29, 0.717) is 0 Å². The minimum Gasteiger partial charge on any atom is -0.493 e. The van der Waals surface area contributed by atoms with Crippen molar-refractivity contribution in [3.8, 4) is 11.5 Å². The van der Waals surface area contributed by atoms with Gasteiger partial charge in [0, 0.05) is 16.9 Å². The van der Waals surface area contributed by atoms with Crippen LogP contribution in [-0.4, -0.2) is 31.4 Å². The smallest absolute Gasteiger partial charge is 0.188 e. The SMILES string of the molecule is COc1cc2c(cc1OC)C(C13CC4CC(CC(Cl)(C4)C1)C3)=[NH+]CC2. The van der Waals surface area contributed by atoms with Crippen LogP contribution in [0.2, 0.25) is 0 Å². The molecule has 0 spiro atoms. The van der Waals surface area contributed by atoms with E-state index in [4.69, 9.17) is 21.1 Å². The zero-order valence-corrected chi connectivity index (χ0v) is 15.9. The molecule has 25 heavy (non-hydrogen) atoms. The Labute approximate surface area is 154 Å². The Morgan fingerprint density at radius 3 is 2.36 bits per heavy atom. The summed E-state index contributed by atoms with van der Waals surface area (Å²) < 4.78 is 11.1. The maximum Gasteiger partial charge on any atom is 0.188 e. The predicted octanol–water partition coefficient (Wildman–Crippen LogP) is 2.71. The van der Waals surface area contributed by atoms with E-state index in [1.165, 1.54) is 48.9 Å². The molecule has 4 heteroatoms. The van der Waals surface area contributed by atoms with Gasteiger partial charge in [0.25, 0.3) is 0 Å². The van der Waals surface area contributed by atoms with Gasteiger partial charge in [0.2, 0.25) is 0 Å². The standard InChI is InChI=1S/C21H26ClNO2/c1-24-17-6-15-3-4-23-19(16(15)7-18(17)25-2)20-8-13-5-14(9-20)11-21(22,10-13)12-20/h6-7,13-14H,3-5,8-12H2,1-2H3/p+1. The number of nitrogens with one attached hydrogen (secondary N) is 1. The first-order valence-corrected chi connectivity index (χ1v) is 9.97. The van der Waals surface area contributed by atoms with Gasteiger partial charge in [-0.05, 0) is 68.1 Å². The van der Waals surface area contributed by atoms with Crippen LogP contribution in [0.25, 0.3) is 0 Å². The van der Waals surface area contributed by atoms with Crippen molar-refractivity contribution >= 4 is 17.3 Å². The van der Waals surface area contributed by atoms with Crippen molar-refractivity contribution in [3.05, 3.63) is 23.3 Å². The average Bonchev–Trinajstić information content (AvgIpc) is 2.57. The lowest BCUT2D eigenvalue weighted by atomic mass is 9.47. The highest BCUT2D eigenvalue weighted by molar-refractivity contribution is 6.24. The Kier molecular flexibility index (Phi) is 3.45. The number of fused-ring (bicyclic) bond motifs is 1. The van der Waals surface area contributed by atoms with Crippen LogP contribution in [0.15, 0.2) is 12.1 Å². The van der Waals surface area contributed by atoms with Crippen molar-refractivity contribution in [2.45, 2.75) is 49.8 Å². The molecule has 3 nitrogen and oxygen atoms in total. The fourth-order valence-corrected chi connectivity index (χ4v) is 7.39. The molecule has 5 aliphatic rings. The number of benzene rings is 1. The number of methoxy groups -OCH3 is 2. The van der Waals surface area contributed by atoms with Gasteiger partial charge in [-0.15, -0.1) is 11.6 Å². The number of halogens is 1. The number of rotatable bonds is 3. The van der Waals surface area contributed by atoms with E-state index in [0.717, 1.165) is 42.7 Å². The lowest BCUT2D eigenvalue weighted by Gasteiger charge is -2.59. The van der Waals surface area contributed by atoms with Crippen molar-refractivity contribution in [2.75, 3.05) is 20.8 Å². The molecule has 4 aliphatic carbocycles. The molecule has 0 amide bonds. The molecule has 1 heterocycles. The largest absolute Gasteiger partial charge is 0.493 e. The Morgan fingerprint density at radius 1 is 1.04 bits per heavy atom. The second-order valence-electron chi connectivity index (χ2n) is 8.81. The summed E-state index contributed by atoms with van der Waals surface area (Å²) in [5, 5.41) is 0. The normalized spacial score (nSPS) is 38.3. The zero-order chi connectivity index (χ0) is 17.2. The first kappa shape index (κ1) is 16.0. The Balaban J connectivity index is 1.61. The third-order valence-corrected chi connectivity index (χ3v) is 7.54. The minimum absolute atomic E-state index is 0.0347. The highest BCUT2D eigenvalue weighted by Crippen LogP contribution is 2.64. The molecule has 0 radical (unpaired) electrons. The lowest BCUT2D eigenvalue weighted by molar-refractivity contribution is -0.463. The monoisotopic (exact) mass is 360 g/mol. The van der Waals surface area contributed by atoms with E-state index in [2.05, 4.69) is 17.1 Å². The highest BCUT2D eigenvalue weighted by Gasteiger charge is 2.61. The number of hydrogen-bond donors (Lipinski definition) is 1. The molecule has 4 bridgehead atoms. The van der Waals surface area contributed by atoms with Gasteiger partial charge in [-0.1, -0.05) is 0 Å². The van der Waals surface area contributed by atoms with Crippen LogP contribution >= 0.6 is 11.6 Å². The fraction of sp³-hybridized carbons (Fsp3) is 0.667. The molecule has 1 aliphatic heterocycles. The van der Waals surface area contributed by atoms with Crippen molar-refractivity contribution in [1.29, 1.82) is 0 Å². The third-order valence-electron chi connectivity index (χ3n) is 7.09. The summed E-state index contributed by atoms with van der Waals surface area (Å²) in [6.07, 6.45) is 8.60. The van der Waals surface area contributed by atoms with Crippen molar-refractivity contribution in [1.82, 2.24) is 0 Å². The Bertz CT molecular complexity index is 743. The third kappa shape index (κ3) is 2.34. The Hall–Kier alpha value is -1.22. The van der Waals surface area contributed by atoms with E-state index >= 15 is 0 Å². The summed E-state index contributed by atoms with van der Waals surface area (Å²) in [6.45, 7) is 1.00. The first-order chi connectivity index (χ1) is 12.0. The average molecular weight is 361 g/mol. The molecule has 1 aromatic rings. The number of hydrogen-bond acceptors (Lipinski definition) is 2. The van der Waals surface area contributed by atoms with Crippen molar-refractivity contribution in [2.24, 2.45) is 17.3 Å². The second kappa shape index (κ2) is 5.39. The molecule has 2 atom stereocenters. The van der Waals surface area contributed by atoms with Crippen LogP contribution in [0.3, 0.4) is 0 Å². The molecular weight excluding hydrogens is 334 g/mol. The number of alkyl halides is 1. The molecule has 2 unspecified atom stereocenters. The second-order valence-corrected chi connectivity index (χ2v) is 9.61. The topological polar surface area (TPSA) is 32.4 Å². The van der Waals surface area contributed by atoms with E-state index < -0.39 is 0 Å². The predicted molar refractivity (Wildman–Crippen MR) is 98.9 cm³/mol. The van der Waals surface area contributed by atoms with Crippen LogP contribution < -0.4 is 14.5 Å². The quantitative estimate of drug-likeness (QED) is 0.840. The maximum absolute atomic E-state index is 7.09. The zero-order valence-electron chi connectivity index (χ0n) is 15.2. The van der Waals surface area contributed by atoms with Crippen LogP contribution in [0.4, 0.5) is 0 Å². The van der Waals surface area contributed by atoms with Gasteiger partial charge in [-0.25, -0.2) is 4.99 Å². The van der Waals surface area contributed by atoms with Gasteiger partial charge in [0.05, 0.1) is 19.6 Å². The van der Waals surface area contributed by atoms with E-state index in [1.807, 2.05) is 0 Å². The molecule has 1 aromatic carbocycles. The van der Waals surface area contributed by atoms with Gasteiger partial charge >= 0.3 is 0 Å². The van der Waals surface area contributed by atoms with E-state index in [9.17, 15) is 0 Å². The highest BCUT2D eigenvalue weighted by atomic mass is 35.5. The van der Waals surface area contributed by atoms with Crippen molar-refractivity contribution < 1.29 is 14.5 Å². The van der Waals surface area contributed by atoms with Crippen LogP contribution in [0, 0.1) is 17.3 Å². The molecule has 134 valence electrons. The molecule has 4 saturated carbocycles. The Morgan fingerprint density at radius 2 is 1.72 bits per heavy atom. The summed E-state index contributed by atoms with van der Waals surface area (Å²) in [4.78, 5) is 3.83. The number of ether oxygens (including phenoxy) is 2. The van der Waals surface area contributed by atoms with Crippen LogP contribution in [-0.2, 0) is 6.42 Å². The van der Waals surface area contributed by atoms with Crippen LogP contribution in [0.5, 0.6) is 11.5 Å².